The first-order chi connectivity index (χ1) is 9.47. The van der Waals surface area contributed by atoms with Gasteiger partial charge in [-0.15, -0.1) is 0 Å². The summed E-state index contributed by atoms with van der Waals surface area (Å²) in [7, 11) is 0. The first-order valence-electron chi connectivity index (χ1n) is 6.11. The molecular formula is C13H14BrFN2O3. The van der Waals surface area contributed by atoms with E-state index >= 15 is 0 Å². The van der Waals surface area contributed by atoms with Gasteiger partial charge in [0.25, 0.3) is 0 Å². The number of hydrogen-bond acceptors (Lipinski definition) is 3. The number of carbonyl (C=O) groups is 2. The molecule has 0 atom stereocenters. The molecule has 0 unspecified atom stereocenters. The maximum Gasteiger partial charge on any atom is 0.313 e. The van der Waals surface area contributed by atoms with Gasteiger partial charge in [-0.2, -0.15) is 0 Å². The zero-order chi connectivity index (χ0) is 14.8. The van der Waals surface area contributed by atoms with Gasteiger partial charge in [0.2, 0.25) is 0 Å². The van der Waals surface area contributed by atoms with Gasteiger partial charge in [0.1, 0.15) is 5.82 Å². The summed E-state index contributed by atoms with van der Waals surface area (Å²) in [5, 5.41) is 13.8. The number of nitrogens with one attached hydrogen (secondary N) is 2. The molecule has 2 rings (SSSR count). The minimum atomic E-state index is -0.940. The van der Waals surface area contributed by atoms with Crippen LogP contribution in [0, 0.1) is 11.2 Å². The molecule has 3 N–H and O–H groups in total. The van der Waals surface area contributed by atoms with Crippen molar-refractivity contribution in [2.75, 3.05) is 18.5 Å². The zero-order valence-electron chi connectivity index (χ0n) is 10.6. The van der Waals surface area contributed by atoms with E-state index in [9.17, 15) is 14.0 Å². The molecular weight excluding hydrogens is 331 g/mol. The summed E-state index contributed by atoms with van der Waals surface area (Å²) in [6.07, 6.45) is 1.65. The highest BCUT2D eigenvalue weighted by Gasteiger charge is 2.42. The fourth-order valence-corrected chi connectivity index (χ4v) is 2.14. The maximum atomic E-state index is 13.5. The average Bonchev–Trinajstić information content (AvgIpc) is 3.21. The van der Waals surface area contributed by atoms with Crippen LogP contribution in [0.2, 0.25) is 0 Å². The maximum absolute atomic E-state index is 13.5. The van der Waals surface area contributed by atoms with E-state index in [-0.39, 0.29) is 24.3 Å². The van der Waals surface area contributed by atoms with E-state index in [2.05, 4.69) is 26.6 Å². The number of para-hydroxylation sites is 1. The second kappa shape index (κ2) is 5.88. The van der Waals surface area contributed by atoms with Crippen molar-refractivity contribution in [1.82, 2.24) is 5.32 Å². The predicted octanol–water partition coefficient (Wildman–Crippen LogP) is 1.42. The molecule has 20 heavy (non-hydrogen) atoms. The van der Waals surface area contributed by atoms with Gasteiger partial charge in [0.05, 0.1) is 12.3 Å². The van der Waals surface area contributed by atoms with Crippen LogP contribution in [0.4, 0.5) is 10.1 Å². The summed E-state index contributed by atoms with van der Waals surface area (Å²) in [6, 6.07) is 4.22. The normalized spacial score (nSPS) is 15.6. The van der Waals surface area contributed by atoms with Crippen molar-refractivity contribution in [3.05, 3.63) is 28.5 Å². The van der Waals surface area contributed by atoms with Crippen molar-refractivity contribution in [3.63, 3.8) is 0 Å². The van der Waals surface area contributed by atoms with Crippen LogP contribution >= 0.6 is 15.9 Å². The number of halogens is 2. The van der Waals surface area contributed by atoms with Crippen LogP contribution < -0.4 is 10.6 Å². The Hall–Kier alpha value is -1.47. The third kappa shape index (κ3) is 3.34. The van der Waals surface area contributed by atoms with Gasteiger partial charge in [-0.25, -0.2) is 4.39 Å². The van der Waals surface area contributed by atoms with Crippen LogP contribution in [-0.2, 0) is 9.59 Å². The second-order valence-electron chi connectivity index (χ2n) is 4.89. The molecule has 0 spiro atoms. The number of hydrogen-bond donors (Lipinski definition) is 3. The van der Waals surface area contributed by atoms with Crippen LogP contribution in [0.1, 0.15) is 12.8 Å². The van der Waals surface area contributed by atoms with E-state index in [1.54, 1.807) is 6.07 Å². The first-order valence-corrected chi connectivity index (χ1v) is 6.91. The van der Waals surface area contributed by atoms with Crippen molar-refractivity contribution >= 4 is 33.4 Å². The van der Waals surface area contributed by atoms with Crippen LogP contribution in [-0.4, -0.2) is 30.1 Å². The molecule has 0 bridgehead atoms. The molecule has 1 aromatic rings. The Morgan fingerprint density at radius 1 is 1.35 bits per heavy atom. The summed E-state index contributed by atoms with van der Waals surface area (Å²) >= 11 is 3.10. The van der Waals surface area contributed by atoms with Gasteiger partial charge in [-0.1, -0.05) is 6.07 Å². The molecule has 0 aliphatic heterocycles. The molecule has 1 aromatic carbocycles. The van der Waals surface area contributed by atoms with Crippen LogP contribution in [0.3, 0.4) is 0 Å². The first kappa shape index (κ1) is 14.9. The number of benzene rings is 1. The molecule has 0 heterocycles. The summed E-state index contributed by atoms with van der Waals surface area (Å²) in [5.74, 6) is -2.42. The lowest BCUT2D eigenvalue weighted by Crippen LogP contribution is -2.39. The summed E-state index contributed by atoms with van der Waals surface area (Å²) in [6.45, 7) is 0.224. The highest BCUT2D eigenvalue weighted by atomic mass is 79.9. The molecule has 5 nitrogen and oxygen atoms in total. The van der Waals surface area contributed by atoms with Crippen molar-refractivity contribution in [3.8, 4) is 0 Å². The van der Waals surface area contributed by atoms with Crippen molar-refractivity contribution in [2.45, 2.75) is 12.8 Å². The fourth-order valence-electron chi connectivity index (χ4n) is 1.70. The molecule has 7 heteroatoms. The number of amides is 2. The van der Waals surface area contributed by atoms with Crippen LogP contribution in [0.5, 0.6) is 0 Å². The van der Waals surface area contributed by atoms with Crippen LogP contribution in [0.25, 0.3) is 0 Å². The Kier molecular flexibility index (Phi) is 4.39. The Bertz CT molecular complexity index is 526. The highest BCUT2D eigenvalue weighted by molar-refractivity contribution is 9.10. The van der Waals surface area contributed by atoms with Crippen molar-refractivity contribution in [2.24, 2.45) is 5.41 Å². The number of carbonyl (C=O) groups excluding carboxylic acids is 2. The van der Waals surface area contributed by atoms with E-state index in [1.807, 2.05) is 0 Å². The van der Waals surface area contributed by atoms with Gasteiger partial charge < -0.3 is 15.7 Å². The summed E-state index contributed by atoms with van der Waals surface area (Å²) < 4.78 is 13.9. The van der Waals surface area contributed by atoms with Crippen molar-refractivity contribution < 1.29 is 19.1 Å². The third-order valence-corrected chi connectivity index (χ3v) is 3.98. The fraction of sp³-hybridized carbons (Fsp3) is 0.385. The molecule has 1 aliphatic carbocycles. The quantitative estimate of drug-likeness (QED) is 0.722. The Morgan fingerprint density at radius 2 is 2.05 bits per heavy atom. The van der Waals surface area contributed by atoms with Gasteiger partial charge in [-0.3, -0.25) is 9.59 Å². The lowest BCUT2D eigenvalue weighted by atomic mass is 10.1. The summed E-state index contributed by atoms with van der Waals surface area (Å²) in [4.78, 5) is 23.3. The second-order valence-corrected chi connectivity index (χ2v) is 5.75. The molecule has 1 saturated carbocycles. The minimum Gasteiger partial charge on any atom is -0.396 e. The molecule has 0 aromatic heterocycles. The van der Waals surface area contributed by atoms with E-state index in [0.717, 1.165) is 12.8 Å². The number of anilines is 1. The van der Waals surface area contributed by atoms with Gasteiger partial charge in [-0.05, 0) is 40.9 Å². The topological polar surface area (TPSA) is 78.4 Å². The summed E-state index contributed by atoms with van der Waals surface area (Å²) in [5.41, 5.74) is -0.356. The molecule has 0 radical (unpaired) electrons. The standard InChI is InChI=1S/C13H14BrFN2O3/c14-8-2-1-3-9(15)10(8)17-12(20)11(19)16-6-13(7-18)4-5-13/h1-3,18H,4-7H2,(H,16,19)(H,17,20). The number of aliphatic hydroxyl groups excluding tert-OH is 1. The molecule has 0 saturated heterocycles. The highest BCUT2D eigenvalue weighted by Crippen LogP contribution is 2.44. The molecule has 108 valence electrons. The molecule has 2 amide bonds. The number of rotatable bonds is 4. The van der Waals surface area contributed by atoms with E-state index in [4.69, 9.17) is 5.11 Å². The largest absolute Gasteiger partial charge is 0.396 e. The minimum absolute atomic E-state index is 0.0201. The van der Waals surface area contributed by atoms with Crippen LogP contribution in [0.15, 0.2) is 22.7 Å². The lowest BCUT2D eigenvalue weighted by molar-refractivity contribution is -0.136. The number of aliphatic hydroxyl groups is 1. The Labute approximate surface area is 123 Å². The third-order valence-electron chi connectivity index (χ3n) is 3.32. The lowest BCUT2D eigenvalue weighted by Gasteiger charge is -2.13. The molecule has 1 aliphatic rings. The van der Waals surface area contributed by atoms with Gasteiger partial charge in [0, 0.05) is 16.4 Å². The smallest absolute Gasteiger partial charge is 0.313 e. The zero-order valence-corrected chi connectivity index (χ0v) is 12.2. The van der Waals surface area contributed by atoms with Gasteiger partial charge in [0.15, 0.2) is 0 Å². The average molecular weight is 345 g/mol. The Morgan fingerprint density at radius 3 is 2.60 bits per heavy atom. The van der Waals surface area contributed by atoms with E-state index < -0.39 is 17.6 Å². The van der Waals surface area contributed by atoms with Crippen molar-refractivity contribution in [1.29, 1.82) is 0 Å². The Balaban J connectivity index is 1.93. The monoisotopic (exact) mass is 344 g/mol. The van der Waals surface area contributed by atoms with Gasteiger partial charge >= 0.3 is 11.8 Å². The SMILES string of the molecule is O=C(NCC1(CO)CC1)C(=O)Nc1c(F)cccc1Br. The molecule has 1 fully saturated rings. The van der Waals surface area contributed by atoms with E-state index in [1.165, 1.54) is 12.1 Å². The van der Waals surface area contributed by atoms with E-state index in [0.29, 0.717) is 4.47 Å². The predicted molar refractivity (Wildman–Crippen MR) is 74.5 cm³/mol.